The molecule has 0 bridgehead atoms. The normalized spacial score (nSPS) is 24.9. The number of Topliss-reactive ketones (excluding diaryl/α,β-unsaturated/α-hetero) is 1. The fourth-order valence-electron chi connectivity index (χ4n) is 7.07. The Morgan fingerprint density at radius 1 is 1.00 bits per heavy atom. The van der Waals surface area contributed by atoms with E-state index in [4.69, 9.17) is 4.74 Å². The van der Waals surface area contributed by atoms with Gasteiger partial charge >= 0.3 is 18.0 Å². The highest BCUT2D eigenvalue weighted by Gasteiger charge is 2.68. The van der Waals surface area contributed by atoms with Crippen LogP contribution in [0.2, 0.25) is 0 Å². The Kier molecular flexibility index (Phi) is 11.1. The Hall–Kier alpha value is -3.44. The van der Waals surface area contributed by atoms with Crippen molar-refractivity contribution in [2.24, 2.45) is 45.4 Å². The van der Waals surface area contributed by atoms with E-state index in [0.717, 1.165) is 32.1 Å². The van der Waals surface area contributed by atoms with Crippen molar-refractivity contribution in [1.82, 2.24) is 26.2 Å². The van der Waals surface area contributed by atoms with Crippen LogP contribution < -0.4 is 21.3 Å². The Balaban J connectivity index is 1.45. The Morgan fingerprint density at radius 3 is 2.19 bits per heavy atom. The number of rotatable bonds is 15. The number of ketones is 1. The van der Waals surface area contributed by atoms with Crippen molar-refractivity contribution in [2.45, 2.75) is 111 Å². The van der Waals surface area contributed by atoms with Gasteiger partial charge in [0.1, 0.15) is 12.6 Å². The zero-order valence-corrected chi connectivity index (χ0v) is 29.3. The van der Waals surface area contributed by atoms with E-state index in [1.807, 2.05) is 34.6 Å². The number of aliphatic imine (C=N–C) groups is 1. The van der Waals surface area contributed by atoms with Crippen molar-refractivity contribution in [1.29, 1.82) is 0 Å². The smallest absolute Gasteiger partial charge is 0.407 e. The first-order valence-corrected chi connectivity index (χ1v) is 17.2. The summed E-state index contributed by atoms with van der Waals surface area (Å²) in [6.45, 7) is 22.5. The second kappa shape index (κ2) is 14.4. The molecule has 1 heterocycles. The molecular weight excluding hydrogens is 600 g/mol. The fourth-order valence-corrected chi connectivity index (χ4v) is 7.07. The second-order valence-electron chi connectivity index (χ2n) is 16.2. The van der Waals surface area contributed by atoms with Crippen molar-refractivity contribution in [3.8, 4) is 0 Å². The predicted molar refractivity (Wildman–Crippen MR) is 179 cm³/mol. The number of carbonyl (C=O) groups excluding carboxylic acids is 5. The van der Waals surface area contributed by atoms with Crippen LogP contribution in [-0.4, -0.2) is 85.2 Å². The molecule has 4 aliphatic rings. The molecule has 0 aromatic carbocycles. The quantitative estimate of drug-likeness (QED) is 0.154. The topological polar surface area (TPSA) is 158 Å². The molecule has 12 nitrogen and oxygen atoms in total. The molecular formula is C35H56N6O6. The summed E-state index contributed by atoms with van der Waals surface area (Å²) < 4.78 is 5.39. The maximum absolute atomic E-state index is 14.4. The van der Waals surface area contributed by atoms with Crippen molar-refractivity contribution < 1.29 is 28.7 Å². The highest BCUT2D eigenvalue weighted by atomic mass is 16.5. The highest BCUT2D eigenvalue weighted by molar-refractivity contribution is 6.39. The number of nitrogens with zero attached hydrogens (tertiary/aromatic N) is 2. The molecule has 1 saturated heterocycles. The number of ether oxygens (including phenoxy) is 1. The summed E-state index contributed by atoms with van der Waals surface area (Å²) in [4.78, 5) is 70.3. The minimum absolute atomic E-state index is 0.00151. The summed E-state index contributed by atoms with van der Waals surface area (Å²) in [5.41, 5.74) is -0.164. The van der Waals surface area contributed by atoms with E-state index in [9.17, 15) is 24.0 Å². The maximum atomic E-state index is 14.4. The molecule has 0 radical (unpaired) electrons. The summed E-state index contributed by atoms with van der Waals surface area (Å²) >= 11 is 0. The number of hydrogen-bond acceptors (Lipinski definition) is 7. The van der Waals surface area contributed by atoms with Gasteiger partial charge < -0.3 is 30.9 Å². The number of piperidine rings is 1. The van der Waals surface area contributed by atoms with Crippen LogP contribution in [0.4, 0.5) is 9.59 Å². The summed E-state index contributed by atoms with van der Waals surface area (Å²) in [7, 11) is 0. The average Bonchev–Trinajstić information content (AvgIpc) is 3.84. The molecule has 4 N–H and O–H groups in total. The van der Waals surface area contributed by atoms with E-state index in [1.54, 1.807) is 4.90 Å². The van der Waals surface area contributed by atoms with Gasteiger partial charge in [0.2, 0.25) is 11.7 Å². The molecule has 0 spiro atoms. The van der Waals surface area contributed by atoms with Crippen molar-refractivity contribution in [3.63, 3.8) is 0 Å². The van der Waals surface area contributed by atoms with Gasteiger partial charge in [-0.2, -0.15) is 0 Å². The molecule has 0 aromatic heterocycles. The first kappa shape index (κ1) is 36.4. The van der Waals surface area contributed by atoms with E-state index >= 15 is 0 Å². The maximum Gasteiger partial charge on any atom is 0.407 e. The lowest BCUT2D eigenvalue weighted by atomic mass is 9.80. The Morgan fingerprint density at radius 2 is 1.66 bits per heavy atom. The second-order valence-corrected chi connectivity index (χ2v) is 16.2. The molecule has 47 heavy (non-hydrogen) atoms. The summed E-state index contributed by atoms with van der Waals surface area (Å²) in [6.07, 6.45) is 5.30. The number of fused-ring (bicyclic) bond motifs is 1. The summed E-state index contributed by atoms with van der Waals surface area (Å²) in [6, 6.07) is -3.09. The minimum Gasteiger partial charge on any atom is -0.447 e. The van der Waals surface area contributed by atoms with Gasteiger partial charge in [0.15, 0.2) is 0 Å². The van der Waals surface area contributed by atoms with E-state index in [-0.39, 0.29) is 35.7 Å². The zero-order valence-electron chi connectivity index (χ0n) is 29.3. The molecule has 3 saturated carbocycles. The molecule has 12 heteroatoms. The molecule has 5 amide bonds. The number of hydrogen-bond donors (Lipinski definition) is 4. The number of nitrogens with one attached hydrogen (secondary N) is 4. The van der Waals surface area contributed by atoms with Crippen LogP contribution in [0.25, 0.3) is 0 Å². The lowest BCUT2D eigenvalue weighted by molar-refractivity contribution is -0.138. The van der Waals surface area contributed by atoms with Gasteiger partial charge in [-0.25, -0.2) is 14.6 Å². The van der Waals surface area contributed by atoms with E-state index < -0.39 is 53.4 Å². The van der Waals surface area contributed by atoms with Gasteiger partial charge in [-0.05, 0) is 66.4 Å². The van der Waals surface area contributed by atoms with Crippen LogP contribution in [-0.2, 0) is 19.1 Å². The van der Waals surface area contributed by atoms with Gasteiger partial charge in [-0.1, -0.05) is 74.3 Å². The number of urea groups is 1. The third-order valence-corrected chi connectivity index (χ3v) is 10.8. The lowest BCUT2D eigenvalue weighted by Gasteiger charge is -2.40. The van der Waals surface area contributed by atoms with Crippen LogP contribution in [0.15, 0.2) is 17.3 Å². The van der Waals surface area contributed by atoms with E-state index in [1.165, 1.54) is 0 Å². The van der Waals surface area contributed by atoms with Crippen molar-refractivity contribution in [3.05, 3.63) is 12.3 Å². The number of carbonyl (C=O) groups is 5. The SMILES string of the molecule is C=NC(=O)C(=O)C(CC1CCC1)NC(=C)C1[C@@H]2[C@H](CN1C(=O)C(NC(=O)N[C@H](COC(=O)NCC1CC1)C(C)C)C(C)(C)C)C2(C)C. The van der Waals surface area contributed by atoms with Crippen LogP contribution in [0, 0.1) is 40.4 Å². The lowest BCUT2D eigenvalue weighted by Crippen LogP contribution is -2.60. The van der Waals surface area contributed by atoms with Gasteiger partial charge in [0.05, 0.1) is 18.1 Å². The highest BCUT2D eigenvalue weighted by Crippen LogP contribution is 2.65. The van der Waals surface area contributed by atoms with Gasteiger partial charge in [0.25, 0.3) is 0 Å². The Labute approximate surface area is 279 Å². The summed E-state index contributed by atoms with van der Waals surface area (Å²) in [5, 5.41) is 11.9. The first-order chi connectivity index (χ1) is 21.9. The molecule has 0 aromatic rings. The van der Waals surface area contributed by atoms with Crippen LogP contribution in [0.1, 0.15) is 87.0 Å². The van der Waals surface area contributed by atoms with Gasteiger partial charge in [-0.15, -0.1) is 0 Å². The molecule has 1 aliphatic heterocycles. The van der Waals surface area contributed by atoms with E-state index in [2.05, 4.69) is 53.4 Å². The summed E-state index contributed by atoms with van der Waals surface area (Å²) in [5.74, 6) is -0.612. The Bertz CT molecular complexity index is 1250. The van der Waals surface area contributed by atoms with Crippen LogP contribution in [0.5, 0.6) is 0 Å². The van der Waals surface area contributed by atoms with Gasteiger partial charge in [-0.3, -0.25) is 14.4 Å². The molecule has 4 fully saturated rings. The zero-order chi connectivity index (χ0) is 34.8. The van der Waals surface area contributed by atoms with Gasteiger partial charge in [0, 0.05) is 18.8 Å². The number of alkyl carbamates (subject to hydrolysis) is 1. The molecule has 6 atom stereocenters. The number of amides is 5. The van der Waals surface area contributed by atoms with Crippen LogP contribution in [0.3, 0.4) is 0 Å². The first-order valence-electron chi connectivity index (χ1n) is 17.2. The standard InChI is InChI=1S/C35H56N6O6/c1-19(2)25(18-47-33(46)37-16-22-13-14-22)39-32(45)40-29(34(4,5)6)31(44)41-17-23-26(35(23,7)8)27(41)20(3)38-24(15-21-11-10-12-21)28(42)30(43)36-9/h19,21-27,29,38H,3,9-18H2,1-2,4-8H3,(H,37,46)(H2,39,40,45)/t23-,24?,25+,26-,27?,29?/m0/s1. The van der Waals surface area contributed by atoms with E-state index in [0.29, 0.717) is 37.0 Å². The molecule has 262 valence electrons. The fraction of sp³-hybridized carbons (Fsp3) is 0.771. The van der Waals surface area contributed by atoms with Crippen molar-refractivity contribution >= 4 is 36.4 Å². The average molecular weight is 657 g/mol. The third-order valence-electron chi connectivity index (χ3n) is 10.8. The number of likely N-dealkylation sites (tertiary alicyclic amines) is 1. The molecule has 3 unspecified atom stereocenters. The molecule has 4 rings (SSSR count). The predicted octanol–water partition coefficient (Wildman–Crippen LogP) is 3.80. The molecule has 3 aliphatic carbocycles. The van der Waals surface area contributed by atoms with Crippen molar-refractivity contribution in [2.75, 3.05) is 19.7 Å². The monoisotopic (exact) mass is 656 g/mol. The minimum atomic E-state index is -0.884. The van der Waals surface area contributed by atoms with Crippen LogP contribution >= 0.6 is 0 Å². The largest absolute Gasteiger partial charge is 0.447 e. The third kappa shape index (κ3) is 8.73.